The van der Waals surface area contributed by atoms with Gasteiger partial charge in [0.05, 0.1) is 0 Å². The molecule has 2 aromatic carbocycles. The molecule has 100 valence electrons. The van der Waals surface area contributed by atoms with Gasteiger partial charge in [-0.1, -0.05) is 24.3 Å². The largest absolute Gasteiger partial charge is 0.425 e. The van der Waals surface area contributed by atoms with Crippen molar-refractivity contribution in [3.63, 3.8) is 0 Å². The lowest BCUT2D eigenvalue weighted by atomic mass is 10.2. The van der Waals surface area contributed by atoms with Gasteiger partial charge < -0.3 is 9.05 Å². The third-order valence-corrected chi connectivity index (χ3v) is 4.13. The van der Waals surface area contributed by atoms with Gasteiger partial charge in [0.1, 0.15) is 11.5 Å². The summed E-state index contributed by atoms with van der Waals surface area (Å²) in [6.07, 6.45) is 0. The van der Waals surface area contributed by atoms with E-state index in [0.29, 0.717) is 11.5 Å². The zero-order chi connectivity index (χ0) is 13.9. The summed E-state index contributed by atoms with van der Waals surface area (Å²) in [5.41, 5.74) is 2.17. The molecule has 0 aromatic heterocycles. The van der Waals surface area contributed by atoms with E-state index in [1.165, 1.54) is 0 Å². The highest BCUT2D eigenvalue weighted by Crippen LogP contribution is 2.53. The summed E-state index contributed by atoms with van der Waals surface area (Å²) in [6.45, 7) is 3.96. The zero-order valence-electron chi connectivity index (χ0n) is 10.7. The molecule has 0 radical (unpaired) electrons. The molecule has 0 heterocycles. The molecule has 0 bridgehead atoms. The van der Waals surface area contributed by atoms with Gasteiger partial charge in [-0.15, -0.1) is 0 Å². The van der Waals surface area contributed by atoms with Crippen molar-refractivity contribution in [2.24, 2.45) is 0 Å². The van der Waals surface area contributed by atoms with Crippen molar-refractivity contribution in [2.45, 2.75) is 13.8 Å². The Morgan fingerprint density at radius 3 is 1.68 bits per heavy atom. The molecule has 0 saturated carbocycles. The fourth-order valence-corrected chi connectivity index (χ4v) is 3.38. The highest BCUT2D eigenvalue weighted by molar-refractivity contribution is 8.22. The van der Waals surface area contributed by atoms with Crippen molar-refractivity contribution in [1.82, 2.24) is 0 Å². The Balaban J connectivity index is 2.12. The molecule has 5 heteroatoms. The van der Waals surface area contributed by atoms with Gasteiger partial charge in [-0.2, -0.15) is 0 Å². The first-order valence-electron chi connectivity index (χ1n) is 5.77. The summed E-state index contributed by atoms with van der Waals surface area (Å²) in [7, 11) is 0. The van der Waals surface area contributed by atoms with Crippen LogP contribution in [0.15, 0.2) is 48.5 Å². The number of hydrogen-bond donors (Lipinski definition) is 0. The van der Waals surface area contributed by atoms with Crippen molar-refractivity contribution in [3.8, 4) is 11.5 Å². The Bertz CT molecular complexity index is 579. The molecule has 0 aliphatic rings. The summed E-state index contributed by atoms with van der Waals surface area (Å²) >= 11 is 11.4. The Hall–Kier alpha value is -1.02. The standard InChI is InChI=1S/C14H14ClO2PS/c1-11-5-3-7-13(9-11)16-18(15,19)17-14-8-4-6-12(2)10-14/h3-10H,1-2H3. The average molecular weight is 313 g/mol. The number of halogens is 1. The Morgan fingerprint density at radius 2 is 1.32 bits per heavy atom. The number of rotatable bonds is 4. The Labute approximate surface area is 123 Å². The van der Waals surface area contributed by atoms with Gasteiger partial charge in [0.15, 0.2) is 0 Å². The van der Waals surface area contributed by atoms with Crippen LogP contribution in [-0.4, -0.2) is 0 Å². The molecule has 0 saturated heterocycles. The van der Waals surface area contributed by atoms with E-state index in [9.17, 15) is 0 Å². The van der Waals surface area contributed by atoms with Crippen LogP contribution in [0.1, 0.15) is 11.1 Å². The SMILES string of the molecule is Cc1cccc(OP(=S)(Cl)Oc2cccc(C)c2)c1. The first-order valence-corrected chi connectivity index (χ1v) is 9.31. The van der Waals surface area contributed by atoms with E-state index in [2.05, 4.69) is 0 Å². The number of aryl methyl sites for hydroxylation is 2. The maximum atomic E-state index is 6.19. The predicted octanol–water partition coefficient (Wildman–Crippen LogP) is 5.22. The summed E-state index contributed by atoms with van der Waals surface area (Å²) in [5, 5.41) is 0. The minimum absolute atomic E-state index is 0.631. The monoisotopic (exact) mass is 312 g/mol. The van der Waals surface area contributed by atoms with Crippen LogP contribution in [0, 0.1) is 13.8 Å². The van der Waals surface area contributed by atoms with E-state index in [-0.39, 0.29) is 0 Å². The highest BCUT2D eigenvalue weighted by Gasteiger charge is 2.19. The van der Waals surface area contributed by atoms with Crippen molar-refractivity contribution in [3.05, 3.63) is 59.7 Å². The molecular formula is C14H14ClO2PS. The second-order valence-electron chi connectivity index (χ2n) is 4.25. The molecule has 0 N–H and O–H groups in total. The lowest BCUT2D eigenvalue weighted by molar-refractivity contribution is 0.504. The first-order chi connectivity index (χ1) is 8.94. The lowest BCUT2D eigenvalue weighted by Gasteiger charge is -2.17. The molecule has 0 fully saturated rings. The van der Waals surface area contributed by atoms with Gasteiger partial charge >= 0.3 is 5.84 Å². The molecule has 2 rings (SSSR count). The van der Waals surface area contributed by atoms with Crippen LogP contribution in [0.5, 0.6) is 11.5 Å². The molecule has 0 unspecified atom stereocenters. The number of benzene rings is 2. The fraction of sp³-hybridized carbons (Fsp3) is 0.143. The maximum Gasteiger partial charge on any atom is 0.384 e. The van der Waals surface area contributed by atoms with Crippen LogP contribution < -0.4 is 9.05 Å². The average Bonchev–Trinajstić information content (AvgIpc) is 2.27. The smallest absolute Gasteiger partial charge is 0.384 e. The third-order valence-electron chi connectivity index (χ3n) is 2.41. The third kappa shape index (κ3) is 4.54. The normalized spacial score (nSPS) is 11.1. The molecule has 0 aliphatic carbocycles. The van der Waals surface area contributed by atoms with Gasteiger partial charge in [-0.25, -0.2) is 0 Å². The van der Waals surface area contributed by atoms with Gasteiger partial charge in [0.2, 0.25) is 0 Å². The van der Waals surface area contributed by atoms with Gasteiger partial charge in [0, 0.05) is 11.8 Å². The highest BCUT2D eigenvalue weighted by atomic mass is 35.7. The van der Waals surface area contributed by atoms with Crippen molar-refractivity contribution < 1.29 is 9.05 Å². The van der Waals surface area contributed by atoms with E-state index in [1.54, 1.807) is 0 Å². The number of hydrogen-bond acceptors (Lipinski definition) is 3. The molecule has 2 aromatic rings. The van der Waals surface area contributed by atoms with Gasteiger partial charge in [-0.3, -0.25) is 0 Å². The second kappa shape index (κ2) is 5.96. The second-order valence-corrected chi connectivity index (χ2v) is 8.85. The van der Waals surface area contributed by atoms with E-state index in [0.717, 1.165) is 11.1 Å². The van der Waals surface area contributed by atoms with Gasteiger partial charge in [-0.05, 0) is 60.5 Å². The Morgan fingerprint density at radius 1 is 0.895 bits per heavy atom. The van der Waals surface area contributed by atoms with Crippen LogP contribution in [-0.2, 0) is 11.8 Å². The first kappa shape index (κ1) is 14.4. The predicted molar refractivity (Wildman–Crippen MR) is 83.8 cm³/mol. The lowest BCUT2D eigenvalue weighted by Crippen LogP contribution is -1.95. The van der Waals surface area contributed by atoms with E-state index >= 15 is 0 Å². The van der Waals surface area contributed by atoms with Crippen molar-refractivity contribution in [1.29, 1.82) is 0 Å². The van der Waals surface area contributed by atoms with Crippen molar-refractivity contribution >= 4 is 28.9 Å². The molecule has 0 amide bonds. The summed E-state index contributed by atoms with van der Waals surface area (Å²) in [5.74, 6) is -1.61. The van der Waals surface area contributed by atoms with Crippen LogP contribution in [0.4, 0.5) is 0 Å². The topological polar surface area (TPSA) is 18.5 Å². The Kier molecular flexibility index (Phi) is 4.51. The molecule has 0 atom stereocenters. The van der Waals surface area contributed by atoms with Crippen LogP contribution >= 0.6 is 17.1 Å². The van der Waals surface area contributed by atoms with Crippen molar-refractivity contribution in [2.75, 3.05) is 0 Å². The van der Waals surface area contributed by atoms with Crippen LogP contribution in [0.3, 0.4) is 0 Å². The maximum absolute atomic E-state index is 6.19. The van der Waals surface area contributed by atoms with E-state index in [1.807, 2.05) is 62.4 Å². The molecular weight excluding hydrogens is 299 g/mol. The quantitative estimate of drug-likeness (QED) is 0.721. The summed E-state index contributed by atoms with van der Waals surface area (Å²) in [4.78, 5) is 0. The molecule has 0 aliphatic heterocycles. The minimum Gasteiger partial charge on any atom is -0.425 e. The molecule has 19 heavy (non-hydrogen) atoms. The summed E-state index contributed by atoms with van der Waals surface area (Å²) < 4.78 is 11.2. The fourth-order valence-electron chi connectivity index (χ4n) is 1.61. The van der Waals surface area contributed by atoms with Gasteiger partial charge in [0.25, 0.3) is 0 Å². The molecule has 0 spiro atoms. The van der Waals surface area contributed by atoms with E-state index in [4.69, 9.17) is 32.1 Å². The summed E-state index contributed by atoms with van der Waals surface area (Å²) in [6, 6.07) is 15.1. The van der Waals surface area contributed by atoms with Crippen LogP contribution in [0.2, 0.25) is 0 Å². The molecule has 2 nitrogen and oxygen atoms in total. The van der Waals surface area contributed by atoms with E-state index < -0.39 is 5.84 Å². The zero-order valence-corrected chi connectivity index (χ0v) is 13.1. The van der Waals surface area contributed by atoms with Crippen LogP contribution in [0.25, 0.3) is 0 Å². The minimum atomic E-state index is -2.87.